The summed E-state index contributed by atoms with van der Waals surface area (Å²) in [4.78, 5) is 13.3. The Balaban J connectivity index is 1.46. The molecule has 1 aliphatic rings. The van der Waals surface area contributed by atoms with Gasteiger partial charge in [-0.2, -0.15) is 5.26 Å². The molecule has 1 aliphatic heterocycles. The molecular weight excluding hydrogens is 571 g/mol. The van der Waals surface area contributed by atoms with Gasteiger partial charge in [0.1, 0.15) is 28.0 Å². The van der Waals surface area contributed by atoms with E-state index in [1.54, 1.807) is 43.5 Å². The van der Waals surface area contributed by atoms with Crippen LogP contribution in [0, 0.1) is 11.3 Å². The number of nitrogens with zero attached hydrogens (tertiary/aromatic N) is 1. The Morgan fingerprint density at radius 3 is 2.70 bits per heavy atom. The molecule has 204 valence electrons. The molecule has 0 saturated carbocycles. The Labute approximate surface area is 245 Å². The van der Waals surface area contributed by atoms with Gasteiger partial charge in [0.15, 0.2) is 11.5 Å². The molecule has 4 aromatic rings. The number of carbonyl (C=O) groups excluding carboxylic acids is 1. The van der Waals surface area contributed by atoms with E-state index < -0.39 is 11.9 Å². The number of rotatable bonds is 8. The van der Waals surface area contributed by atoms with Gasteiger partial charge in [0.05, 0.1) is 24.7 Å². The summed E-state index contributed by atoms with van der Waals surface area (Å²) in [5.74, 6) is 0.590. The molecule has 0 fully saturated rings. The van der Waals surface area contributed by atoms with Gasteiger partial charge < -0.3 is 24.7 Å². The van der Waals surface area contributed by atoms with Crippen LogP contribution in [0.15, 0.2) is 66.1 Å². The zero-order valence-corrected chi connectivity index (χ0v) is 24.0. The first kappa shape index (κ1) is 27.7. The van der Waals surface area contributed by atoms with E-state index in [1.807, 2.05) is 18.2 Å². The molecule has 40 heavy (non-hydrogen) atoms. The molecule has 3 aromatic carbocycles. The highest BCUT2D eigenvalue weighted by atomic mass is 35.5. The van der Waals surface area contributed by atoms with E-state index in [-0.39, 0.29) is 22.1 Å². The van der Waals surface area contributed by atoms with Gasteiger partial charge in [-0.1, -0.05) is 54.7 Å². The maximum atomic E-state index is 13.0. The number of carbonyl (C=O) groups is 1. The number of methoxy groups -OCH3 is 1. The van der Waals surface area contributed by atoms with Gasteiger partial charge in [-0.15, -0.1) is 11.3 Å². The van der Waals surface area contributed by atoms with Crippen LogP contribution in [0.3, 0.4) is 0 Å². The van der Waals surface area contributed by atoms with Crippen LogP contribution in [-0.2, 0) is 0 Å². The Hall–Kier alpha value is -3.90. The Morgan fingerprint density at radius 2 is 1.95 bits per heavy atom. The molecule has 2 heterocycles. The molecule has 0 bridgehead atoms. The third-order valence-corrected chi connectivity index (χ3v) is 8.33. The van der Waals surface area contributed by atoms with Crippen LogP contribution in [-0.4, -0.2) is 19.7 Å². The number of nitrogens with two attached hydrogens (primary N) is 1. The fraction of sp³-hybridized carbons (Fsp3) is 0.200. The number of hydrogen-bond acceptors (Lipinski definition) is 8. The number of allylic oxidation sites excluding steroid dienone is 1. The first-order chi connectivity index (χ1) is 19.3. The maximum Gasteiger partial charge on any atom is 0.355 e. The summed E-state index contributed by atoms with van der Waals surface area (Å²) in [5.41, 5.74) is 7.88. The van der Waals surface area contributed by atoms with E-state index in [0.717, 1.165) is 28.5 Å². The van der Waals surface area contributed by atoms with E-state index in [0.29, 0.717) is 39.5 Å². The lowest BCUT2D eigenvalue weighted by atomic mass is 9.83. The number of halogens is 2. The summed E-state index contributed by atoms with van der Waals surface area (Å²) in [7, 11) is 1.57. The molecule has 1 unspecified atom stereocenters. The minimum absolute atomic E-state index is 0.0323. The van der Waals surface area contributed by atoms with Crippen LogP contribution >= 0.6 is 34.5 Å². The molecule has 5 rings (SSSR count). The number of benzene rings is 3. The highest BCUT2D eigenvalue weighted by Gasteiger charge is 2.32. The van der Waals surface area contributed by atoms with Crippen LogP contribution in [0.2, 0.25) is 10.0 Å². The van der Waals surface area contributed by atoms with Gasteiger partial charge >= 0.3 is 5.97 Å². The molecule has 7 nitrogen and oxygen atoms in total. The lowest BCUT2D eigenvalue weighted by Gasteiger charge is -2.27. The zero-order valence-electron chi connectivity index (χ0n) is 21.6. The second-order valence-electron chi connectivity index (χ2n) is 9.01. The van der Waals surface area contributed by atoms with Crippen molar-refractivity contribution in [2.24, 2.45) is 5.73 Å². The van der Waals surface area contributed by atoms with Gasteiger partial charge in [-0.05, 0) is 42.3 Å². The van der Waals surface area contributed by atoms with Crippen LogP contribution in [0.4, 0.5) is 0 Å². The quantitative estimate of drug-likeness (QED) is 0.126. The van der Waals surface area contributed by atoms with E-state index in [1.165, 1.54) is 11.3 Å². The third-order valence-electron chi connectivity index (χ3n) is 6.45. The zero-order chi connectivity index (χ0) is 28.4. The Kier molecular flexibility index (Phi) is 8.08. The molecule has 2 N–H and O–H groups in total. The molecule has 0 radical (unpaired) electrons. The van der Waals surface area contributed by atoms with E-state index in [9.17, 15) is 10.1 Å². The van der Waals surface area contributed by atoms with Crippen molar-refractivity contribution in [1.82, 2.24) is 0 Å². The van der Waals surface area contributed by atoms with Crippen molar-refractivity contribution in [3.63, 3.8) is 0 Å². The van der Waals surface area contributed by atoms with Crippen molar-refractivity contribution in [2.75, 3.05) is 13.7 Å². The number of fused-ring (bicyclic) bond motifs is 2. The van der Waals surface area contributed by atoms with Gasteiger partial charge in [-0.25, -0.2) is 4.79 Å². The van der Waals surface area contributed by atoms with Crippen LogP contribution in [0.25, 0.3) is 10.1 Å². The van der Waals surface area contributed by atoms with Crippen LogP contribution in [0.1, 0.15) is 46.5 Å². The van der Waals surface area contributed by atoms with Gasteiger partial charge in [0.2, 0.25) is 5.88 Å². The lowest BCUT2D eigenvalue weighted by Crippen LogP contribution is -2.21. The highest BCUT2D eigenvalue weighted by molar-refractivity contribution is 7.21. The smallest absolute Gasteiger partial charge is 0.355 e. The molecule has 0 amide bonds. The minimum atomic E-state index is -0.612. The fourth-order valence-corrected chi connectivity index (χ4v) is 6.14. The summed E-state index contributed by atoms with van der Waals surface area (Å²) in [6, 6.07) is 17.9. The fourth-order valence-electron chi connectivity index (χ4n) is 4.48. The second-order valence-corrected chi connectivity index (χ2v) is 10.9. The normalized spacial score (nSPS) is 14.3. The van der Waals surface area contributed by atoms with Crippen molar-refractivity contribution >= 4 is 50.6 Å². The van der Waals surface area contributed by atoms with E-state index in [2.05, 4.69) is 13.0 Å². The molecule has 1 aromatic heterocycles. The van der Waals surface area contributed by atoms with Crippen molar-refractivity contribution in [1.29, 1.82) is 5.26 Å². The Bertz CT molecular complexity index is 1690. The maximum absolute atomic E-state index is 13.0. The van der Waals surface area contributed by atoms with Crippen molar-refractivity contribution in [2.45, 2.75) is 25.7 Å². The number of esters is 1. The number of unbranched alkanes of at least 4 members (excludes halogenated alkanes) is 1. The molecule has 10 heteroatoms. The van der Waals surface area contributed by atoms with Gasteiger partial charge in [-0.3, -0.25) is 0 Å². The van der Waals surface area contributed by atoms with E-state index >= 15 is 0 Å². The number of hydrogen-bond donors (Lipinski definition) is 1. The molecule has 1 atom stereocenters. The molecule has 0 aliphatic carbocycles. The average molecular weight is 596 g/mol. The van der Waals surface area contributed by atoms with Crippen molar-refractivity contribution < 1.29 is 23.7 Å². The predicted octanol–water partition coefficient (Wildman–Crippen LogP) is 7.83. The first-order valence-electron chi connectivity index (χ1n) is 12.5. The summed E-state index contributed by atoms with van der Waals surface area (Å²) >= 11 is 13.7. The average Bonchev–Trinajstić information content (AvgIpc) is 3.27. The first-order valence-corrected chi connectivity index (χ1v) is 14.0. The summed E-state index contributed by atoms with van der Waals surface area (Å²) in [6.45, 7) is 2.67. The topological polar surface area (TPSA) is 104 Å². The highest BCUT2D eigenvalue weighted by Crippen LogP contribution is 2.45. The molecule has 0 spiro atoms. The number of nitriles is 1. The predicted molar refractivity (Wildman–Crippen MR) is 156 cm³/mol. The van der Waals surface area contributed by atoms with Crippen LogP contribution in [0.5, 0.6) is 23.0 Å². The summed E-state index contributed by atoms with van der Waals surface area (Å²) in [6.07, 6.45) is 1.94. The lowest BCUT2D eigenvalue weighted by molar-refractivity contribution is 0.0740. The standard InChI is InChI=1S/C30H24Cl2N2O5S/c1-3-4-11-37-22-10-5-16(12-24(22)36-2)26-19-9-7-18(14-23(19)39-29(34)21(26)15-33)38-30(35)28-27(32)20-8-6-17(31)13-25(20)40-28/h5-10,12-14,26H,3-4,11,34H2,1-2H3. The minimum Gasteiger partial charge on any atom is -0.493 e. The molecule has 0 saturated heterocycles. The summed E-state index contributed by atoms with van der Waals surface area (Å²) in [5, 5.41) is 11.5. The number of ether oxygens (including phenoxy) is 4. The Morgan fingerprint density at radius 1 is 1.12 bits per heavy atom. The third kappa shape index (κ3) is 5.28. The van der Waals surface area contributed by atoms with Crippen LogP contribution < -0.4 is 24.7 Å². The van der Waals surface area contributed by atoms with Crippen molar-refractivity contribution in [3.05, 3.63) is 92.1 Å². The largest absolute Gasteiger partial charge is 0.493 e. The second kappa shape index (κ2) is 11.7. The monoisotopic (exact) mass is 594 g/mol. The van der Waals surface area contributed by atoms with E-state index in [4.69, 9.17) is 47.9 Å². The SMILES string of the molecule is CCCCOc1ccc(C2C(C#N)=C(N)Oc3cc(OC(=O)c4sc5cc(Cl)ccc5c4Cl)ccc32)cc1OC. The molecular formula is C30H24Cl2N2O5S. The number of thiophene rings is 1. The van der Waals surface area contributed by atoms with Crippen molar-refractivity contribution in [3.8, 4) is 29.1 Å². The summed E-state index contributed by atoms with van der Waals surface area (Å²) < 4.78 is 23.7. The van der Waals surface area contributed by atoms with Gasteiger partial charge in [0.25, 0.3) is 0 Å². The van der Waals surface area contributed by atoms with Gasteiger partial charge in [0, 0.05) is 26.7 Å².